The minimum Gasteiger partial charge on any atom is -0.459 e. The number of benzene rings is 1. The highest BCUT2D eigenvalue weighted by Crippen LogP contribution is 2.31. The lowest BCUT2D eigenvalue weighted by molar-refractivity contribution is 0.0705. The van der Waals surface area contributed by atoms with Crippen molar-refractivity contribution in [3.63, 3.8) is 0 Å². The molecule has 0 atom stereocenters. The molecule has 3 aromatic rings. The molecule has 0 saturated carbocycles. The highest BCUT2D eigenvalue weighted by Gasteiger charge is 2.24. The van der Waals surface area contributed by atoms with E-state index in [9.17, 15) is 4.79 Å². The van der Waals surface area contributed by atoms with Gasteiger partial charge in [-0.3, -0.25) is 10.0 Å². The number of amides is 1. The highest BCUT2D eigenvalue weighted by molar-refractivity contribution is 5.92. The zero-order valence-electron chi connectivity index (χ0n) is 12.2. The van der Waals surface area contributed by atoms with Gasteiger partial charge in [0.1, 0.15) is 11.3 Å². The number of carbonyl (C=O) groups is 1. The second-order valence-electron chi connectivity index (χ2n) is 5.38. The zero-order valence-corrected chi connectivity index (χ0v) is 12.2. The Labute approximate surface area is 131 Å². The first-order valence-corrected chi connectivity index (χ1v) is 7.27. The van der Waals surface area contributed by atoms with Gasteiger partial charge in [-0.25, -0.2) is 15.4 Å². The molecule has 1 aliphatic heterocycles. The minimum absolute atomic E-state index is 0.206. The third-order valence-corrected chi connectivity index (χ3v) is 4.03. The van der Waals surface area contributed by atoms with Gasteiger partial charge in [0.15, 0.2) is 0 Å². The summed E-state index contributed by atoms with van der Waals surface area (Å²) >= 11 is 0. The van der Waals surface area contributed by atoms with Crippen LogP contribution in [0.4, 0.5) is 5.95 Å². The number of aromatic nitrogens is 2. The maximum absolute atomic E-state index is 11.3. The van der Waals surface area contributed by atoms with Crippen LogP contribution in [-0.4, -0.2) is 27.6 Å². The first-order valence-electron chi connectivity index (χ1n) is 7.27. The van der Waals surface area contributed by atoms with E-state index in [2.05, 4.69) is 16.0 Å². The summed E-state index contributed by atoms with van der Waals surface area (Å²) < 4.78 is 5.93. The molecule has 2 aromatic heterocycles. The van der Waals surface area contributed by atoms with Gasteiger partial charge in [0.25, 0.3) is 5.91 Å². The summed E-state index contributed by atoms with van der Waals surface area (Å²) in [4.78, 5) is 21.7. The molecule has 7 heteroatoms. The van der Waals surface area contributed by atoms with Crippen molar-refractivity contribution in [2.24, 2.45) is 0 Å². The van der Waals surface area contributed by atoms with Gasteiger partial charge in [-0.2, -0.15) is 0 Å². The fraction of sp³-hybridized carbons (Fsp3) is 0.188. The number of anilines is 1. The Kier molecular flexibility index (Phi) is 3.20. The summed E-state index contributed by atoms with van der Waals surface area (Å²) in [5, 5.41) is 9.77. The van der Waals surface area contributed by atoms with Crippen LogP contribution in [0.15, 0.2) is 41.1 Å². The van der Waals surface area contributed by atoms with Crippen LogP contribution in [0.25, 0.3) is 11.0 Å². The standard InChI is InChI=1S/C16H14N4O3/c21-15(19-22)10-7-17-16(18-8-10)20-6-5-12-11-3-1-2-4-13(11)23-14(12)9-20/h1-4,7-8,22H,5-6,9H2,(H,19,21). The van der Waals surface area contributed by atoms with Gasteiger partial charge < -0.3 is 9.32 Å². The SMILES string of the molecule is O=C(NO)c1cnc(N2CCc3c(oc4ccccc34)C2)nc1. The molecular weight excluding hydrogens is 296 g/mol. The molecule has 0 saturated heterocycles. The van der Waals surface area contributed by atoms with E-state index in [-0.39, 0.29) is 5.56 Å². The molecule has 0 radical (unpaired) electrons. The number of rotatable bonds is 2. The van der Waals surface area contributed by atoms with Crippen LogP contribution in [-0.2, 0) is 13.0 Å². The summed E-state index contributed by atoms with van der Waals surface area (Å²) in [6.45, 7) is 1.37. The third-order valence-electron chi connectivity index (χ3n) is 4.03. The molecule has 2 N–H and O–H groups in total. The van der Waals surface area contributed by atoms with E-state index in [4.69, 9.17) is 9.62 Å². The molecular formula is C16H14N4O3. The van der Waals surface area contributed by atoms with Crippen LogP contribution in [0.1, 0.15) is 21.7 Å². The largest absolute Gasteiger partial charge is 0.459 e. The van der Waals surface area contributed by atoms with Gasteiger partial charge >= 0.3 is 0 Å². The van der Waals surface area contributed by atoms with Crippen molar-refractivity contribution in [1.29, 1.82) is 0 Å². The van der Waals surface area contributed by atoms with Gasteiger partial charge in [0, 0.05) is 29.9 Å². The lowest BCUT2D eigenvalue weighted by atomic mass is 10.0. The number of para-hydroxylation sites is 1. The van der Waals surface area contributed by atoms with Crippen molar-refractivity contribution in [1.82, 2.24) is 15.4 Å². The molecule has 0 unspecified atom stereocenters. The topological polar surface area (TPSA) is 91.5 Å². The molecule has 1 aliphatic rings. The van der Waals surface area contributed by atoms with Gasteiger partial charge in [0.2, 0.25) is 5.95 Å². The third kappa shape index (κ3) is 2.31. The Morgan fingerprint density at radius 2 is 2.04 bits per heavy atom. The van der Waals surface area contributed by atoms with Crippen LogP contribution >= 0.6 is 0 Å². The molecule has 3 heterocycles. The molecule has 1 aromatic carbocycles. The van der Waals surface area contributed by atoms with Gasteiger partial charge in [0.05, 0.1) is 12.1 Å². The monoisotopic (exact) mass is 310 g/mol. The van der Waals surface area contributed by atoms with E-state index in [0.717, 1.165) is 29.7 Å². The molecule has 0 bridgehead atoms. The summed E-state index contributed by atoms with van der Waals surface area (Å²) in [6.07, 6.45) is 3.64. The number of hydrogen-bond donors (Lipinski definition) is 2. The van der Waals surface area contributed by atoms with E-state index in [1.165, 1.54) is 18.0 Å². The second-order valence-corrected chi connectivity index (χ2v) is 5.38. The summed E-state index contributed by atoms with van der Waals surface area (Å²) in [7, 11) is 0. The van der Waals surface area contributed by atoms with Crippen molar-refractivity contribution < 1.29 is 14.4 Å². The molecule has 4 rings (SSSR count). The maximum Gasteiger partial charge on any atom is 0.277 e. The number of hydrogen-bond acceptors (Lipinski definition) is 6. The average molecular weight is 310 g/mol. The predicted octanol–water partition coefficient (Wildman–Crippen LogP) is 1.90. The molecule has 0 spiro atoms. The van der Waals surface area contributed by atoms with E-state index in [1.54, 1.807) is 5.48 Å². The van der Waals surface area contributed by atoms with Crippen molar-refractivity contribution >= 4 is 22.8 Å². The van der Waals surface area contributed by atoms with Crippen molar-refractivity contribution in [3.05, 3.63) is 53.5 Å². The minimum atomic E-state index is -0.630. The second kappa shape index (κ2) is 5.36. The van der Waals surface area contributed by atoms with Crippen LogP contribution in [0, 0.1) is 0 Å². The highest BCUT2D eigenvalue weighted by atomic mass is 16.5. The Morgan fingerprint density at radius 1 is 1.26 bits per heavy atom. The molecule has 7 nitrogen and oxygen atoms in total. The van der Waals surface area contributed by atoms with Crippen LogP contribution in [0.2, 0.25) is 0 Å². The van der Waals surface area contributed by atoms with E-state index < -0.39 is 5.91 Å². The van der Waals surface area contributed by atoms with Crippen LogP contribution < -0.4 is 10.4 Å². The number of furan rings is 1. The predicted molar refractivity (Wildman–Crippen MR) is 82.3 cm³/mol. The fourth-order valence-corrected chi connectivity index (χ4v) is 2.89. The summed E-state index contributed by atoms with van der Waals surface area (Å²) in [6, 6.07) is 8.02. The molecule has 0 fully saturated rings. The molecule has 116 valence electrons. The normalized spacial score (nSPS) is 13.9. The smallest absolute Gasteiger partial charge is 0.277 e. The lowest BCUT2D eigenvalue weighted by Gasteiger charge is -2.25. The molecule has 1 amide bonds. The Morgan fingerprint density at radius 3 is 2.83 bits per heavy atom. The first-order chi connectivity index (χ1) is 11.3. The maximum atomic E-state index is 11.3. The van der Waals surface area contributed by atoms with E-state index in [1.807, 2.05) is 23.1 Å². The summed E-state index contributed by atoms with van der Waals surface area (Å²) in [5.41, 5.74) is 3.91. The fourth-order valence-electron chi connectivity index (χ4n) is 2.89. The number of nitrogens with one attached hydrogen (secondary N) is 1. The quantitative estimate of drug-likeness (QED) is 0.555. The van der Waals surface area contributed by atoms with E-state index in [0.29, 0.717) is 12.5 Å². The van der Waals surface area contributed by atoms with Crippen molar-refractivity contribution in [2.45, 2.75) is 13.0 Å². The Balaban J connectivity index is 1.61. The Hall–Kier alpha value is -2.93. The van der Waals surface area contributed by atoms with Crippen LogP contribution in [0.3, 0.4) is 0 Å². The van der Waals surface area contributed by atoms with Crippen molar-refractivity contribution in [3.8, 4) is 0 Å². The number of hydroxylamine groups is 1. The lowest BCUT2D eigenvalue weighted by Crippen LogP contribution is -2.31. The molecule has 23 heavy (non-hydrogen) atoms. The Bertz CT molecular complexity index is 873. The number of nitrogens with zero attached hydrogens (tertiary/aromatic N) is 3. The van der Waals surface area contributed by atoms with Gasteiger partial charge in [-0.15, -0.1) is 0 Å². The summed E-state index contributed by atoms with van der Waals surface area (Å²) in [5.74, 6) is 0.832. The number of fused-ring (bicyclic) bond motifs is 3. The number of carbonyl (C=O) groups excluding carboxylic acids is 1. The zero-order chi connectivity index (χ0) is 15.8. The average Bonchev–Trinajstić information content (AvgIpc) is 2.99. The van der Waals surface area contributed by atoms with Gasteiger partial charge in [-0.05, 0) is 12.5 Å². The first kappa shape index (κ1) is 13.7. The van der Waals surface area contributed by atoms with Gasteiger partial charge in [-0.1, -0.05) is 18.2 Å². The molecule has 0 aliphatic carbocycles. The van der Waals surface area contributed by atoms with Crippen LogP contribution in [0.5, 0.6) is 0 Å². The van der Waals surface area contributed by atoms with Crippen molar-refractivity contribution in [2.75, 3.05) is 11.4 Å². The van der Waals surface area contributed by atoms with E-state index >= 15 is 0 Å².